The van der Waals surface area contributed by atoms with Crippen LogP contribution in [0.15, 0.2) is 60.7 Å². The van der Waals surface area contributed by atoms with E-state index in [0.717, 1.165) is 45.0 Å². The van der Waals surface area contributed by atoms with Crippen LogP contribution in [-0.2, 0) is 0 Å². The van der Waals surface area contributed by atoms with Crippen LogP contribution in [0.25, 0.3) is 16.7 Å². The minimum atomic E-state index is 0.501. The molecule has 0 saturated heterocycles. The lowest BCUT2D eigenvalue weighted by Gasteiger charge is -2.13. The predicted octanol–water partition coefficient (Wildman–Crippen LogP) is 5.15. The Morgan fingerprint density at radius 2 is 1.68 bits per heavy atom. The van der Waals surface area contributed by atoms with E-state index in [1.807, 2.05) is 49.4 Å². The van der Waals surface area contributed by atoms with E-state index in [9.17, 15) is 0 Å². The van der Waals surface area contributed by atoms with E-state index in [0.29, 0.717) is 5.11 Å². The lowest BCUT2D eigenvalue weighted by atomic mass is 10.1. The Morgan fingerprint density at radius 3 is 2.46 bits per heavy atom. The molecule has 6 heteroatoms. The molecular weight excluding hydrogens is 366 g/mol. The van der Waals surface area contributed by atoms with Gasteiger partial charge < -0.3 is 10.6 Å². The number of fused-ring (bicyclic) bond motifs is 1. The van der Waals surface area contributed by atoms with Crippen molar-refractivity contribution in [1.82, 2.24) is 14.8 Å². The van der Waals surface area contributed by atoms with Gasteiger partial charge in [-0.05, 0) is 62.3 Å². The second-order valence-electron chi connectivity index (χ2n) is 6.80. The van der Waals surface area contributed by atoms with Crippen molar-refractivity contribution in [1.29, 1.82) is 0 Å². The molecule has 2 N–H and O–H groups in total. The summed E-state index contributed by atoms with van der Waals surface area (Å²) in [5, 5.41) is 12.7. The van der Waals surface area contributed by atoms with Gasteiger partial charge in [-0.1, -0.05) is 36.4 Å². The maximum Gasteiger partial charge on any atom is 0.176 e. The first kappa shape index (κ1) is 18.1. The zero-order valence-corrected chi connectivity index (χ0v) is 16.8. The summed E-state index contributed by atoms with van der Waals surface area (Å²) < 4.78 is 1.80. The number of pyridine rings is 1. The van der Waals surface area contributed by atoms with Gasteiger partial charge in [0.25, 0.3) is 0 Å². The molecule has 0 aliphatic carbocycles. The molecule has 5 nitrogen and oxygen atoms in total. The second-order valence-corrected chi connectivity index (χ2v) is 7.20. The van der Waals surface area contributed by atoms with Crippen LogP contribution >= 0.6 is 12.2 Å². The molecule has 2 aromatic carbocycles. The van der Waals surface area contributed by atoms with E-state index in [4.69, 9.17) is 17.2 Å². The monoisotopic (exact) mass is 387 g/mol. The van der Waals surface area contributed by atoms with Gasteiger partial charge >= 0.3 is 0 Å². The number of hydrogen-bond acceptors (Lipinski definition) is 3. The first-order valence-corrected chi connectivity index (χ1v) is 9.49. The van der Waals surface area contributed by atoms with Gasteiger partial charge in [-0.3, -0.25) is 0 Å². The fraction of sp³-hybridized carbons (Fsp3) is 0.136. The van der Waals surface area contributed by atoms with Crippen LogP contribution in [0.2, 0.25) is 0 Å². The standard InChI is InChI=1S/C22H21N5S/c1-14-8-7-11-18-15(2)12-19(24-21(14)18)27-20(13-16(3)26-27)25-22(28)23-17-9-5-4-6-10-17/h4-13H,1-3H3,(H2,23,25,28). The number of nitrogens with zero attached hydrogens (tertiary/aromatic N) is 3. The Balaban J connectivity index is 1.69. The fourth-order valence-electron chi connectivity index (χ4n) is 3.22. The van der Waals surface area contributed by atoms with Crippen LogP contribution in [-0.4, -0.2) is 19.9 Å². The highest BCUT2D eigenvalue weighted by atomic mass is 32.1. The highest BCUT2D eigenvalue weighted by Gasteiger charge is 2.13. The van der Waals surface area contributed by atoms with E-state index in [1.54, 1.807) is 4.68 Å². The molecule has 0 unspecified atom stereocenters. The van der Waals surface area contributed by atoms with Crippen LogP contribution in [0.4, 0.5) is 11.5 Å². The van der Waals surface area contributed by atoms with Gasteiger partial charge in [0.05, 0.1) is 11.2 Å². The maximum atomic E-state index is 5.48. The molecule has 0 atom stereocenters. The summed E-state index contributed by atoms with van der Waals surface area (Å²) in [5.41, 5.74) is 5.10. The molecule has 0 saturated carbocycles. The summed E-state index contributed by atoms with van der Waals surface area (Å²) >= 11 is 5.48. The van der Waals surface area contributed by atoms with E-state index < -0.39 is 0 Å². The van der Waals surface area contributed by atoms with E-state index in [-0.39, 0.29) is 0 Å². The van der Waals surface area contributed by atoms with Crippen molar-refractivity contribution in [3.8, 4) is 5.82 Å². The quantitative estimate of drug-likeness (QED) is 0.476. The molecule has 0 bridgehead atoms. The van der Waals surface area contributed by atoms with Gasteiger partial charge in [-0.2, -0.15) is 9.78 Å². The van der Waals surface area contributed by atoms with E-state index in [1.165, 1.54) is 0 Å². The van der Waals surface area contributed by atoms with Crippen molar-refractivity contribution in [2.24, 2.45) is 0 Å². The zero-order chi connectivity index (χ0) is 19.7. The molecule has 2 heterocycles. The SMILES string of the molecule is Cc1cc(NC(=S)Nc2ccccc2)n(-c2cc(C)c3cccc(C)c3n2)n1. The van der Waals surface area contributed by atoms with Gasteiger partial charge in [-0.25, -0.2) is 4.98 Å². The number of para-hydroxylation sites is 2. The van der Waals surface area contributed by atoms with Crippen LogP contribution in [0.1, 0.15) is 16.8 Å². The number of aryl methyl sites for hydroxylation is 3. The molecular formula is C22H21N5S. The summed E-state index contributed by atoms with van der Waals surface area (Å²) in [4.78, 5) is 4.87. The first-order chi connectivity index (χ1) is 13.5. The van der Waals surface area contributed by atoms with Crippen LogP contribution < -0.4 is 10.6 Å². The largest absolute Gasteiger partial charge is 0.332 e. The Labute approximate surface area is 169 Å². The Morgan fingerprint density at radius 1 is 0.893 bits per heavy atom. The van der Waals surface area contributed by atoms with Crippen LogP contribution in [0.3, 0.4) is 0 Å². The van der Waals surface area contributed by atoms with Gasteiger partial charge in [-0.15, -0.1) is 0 Å². The topological polar surface area (TPSA) is 54.8 Å². The number of hydrogen-bond donors (Lipinski definition) is 2. The molecule has 0 aliphatic heterocycles. The third-order valence-corrected chi connectivity index (χ3v) is 4.76. The number of aromatic nitrogens is 3. The lowest BCUT2D eigenvalue weighted by Crippen LogP contribution is -2.21. The molecule has 0 spiro atoms. The molecule has 140 valence electrons. The minimum absolute atomic E-state index is 0.501. The minimum Gasteiger partial charge on any atom is -0.332 e. The van der Waals surface area contributed by atoms with Gasteiger partial charge in [0.2, 0.25) is 0 Å². The molecule has 0 aliphatic rings. The van der Waals surface area contributed by atoms with E-state index >= 15 is 0 Å². The van der Waals surface area contributed by atoms with Crippen LogP contribution in [0.5, 0.6) is 0 Å². The second kappa shape index (κ2) is 7.40. The third kappa shape index (κ3) is 3.59. The maximum absolute atomic E-state index is 5.48. The van der Waals surface area contributed by atoms with Crippen molar-refractivity contribution in [3.63, 3.8) is 0 Å². The third-order valence-electron chi connectivity index (χ3n) is 4.56. The highest BCUT2D eigenvalue weighted by Crippen LogP contribution is 2.24. The summed E-state index contributed by atoms with van der Waals surface area (Å²) in [6, 6.07) is 20.1. The Bertz CT molecular complexity index is 1160. The summed E-state index contributed by atoms with van der Waals surface area (Å²) in [6.07, 6.45) is 0. The number of anilines is 2. The number of thiocarbonyl (C=S) groups is 1. The van der Waals surface area contributed by atoms with Crippen molar-refractivity contribution in [3.05, 3.63) is 77.5 Å². The highest BCUT2D eigenvalue weighted by molar-refractivity contribution is 7.80. The number of nitrogens with one attached hydrogen (secondary N) is 2. The molecule has 0 radical (unpaired) electrons. The normalized spacial score (nSPS) is 10.8. The molecule has 28 heavy (non-hydrogen) atoms. The number of benzene rings is 2. The van der Waals surface area contributed by atoms with Crippen molar-refractivity contribution < 1.29 is 0 Å². The van der Waals surface area contributed by atoms with Crippen molar-refractivity contribution in [2.45, 2.75) is 20.8 Å². The summed E-state index contributed by atoms with van der Waals surface area (Å²) in [5.74, 6) is 1.53. The Hall–Kier alpha value is -3.25. The number of rotatable bonds is 3. The Kier molecular flexibility index (Phi) is 4.79. The fourth-order valence-corrected chi connectivity index (χ4v) is 3.44. The van der Waals surface area contributed by atoms with Crippen LogP contribution in [0, 0.1) is 20.8 Å². The molecule has 4 aromatic rings. The van der Waals surface area contributed by atoms with E-state index in [2.05, 4.69) is 47.8 Å². The molecule has 4 rings (SSSR count). The van der Waals surface area contributed by atoms with Crippen molar-refractivity contribution in [2.75, 3.05) is 10.6 Å². The average molecular weight is 388 g/mol. The van der Waals surface area contributed by atoms with Gasteiger partial charge in [0.15, 0.2) is 10.9 Å². The zero-order valence-electron chi connectivity index (χ0n) is 16.0. The van der Waals surface area contributed by atoms with Gasteiger partial charge in [0.1, 0.15) is 5.82 Å². The average Bonchev–Trinajstić information content (AvgIpc) is 3.03. The van der Waals surface area contributed by atoms with Crippen molar-refractivity contribution >= 4 is 39.7 Å². The predicted molar refractivity (Wildman–Crippen MR) is 119 cm³/mol. The lowest BCUT2D eigenvalue weighted by molar-refractivity contribution is 0.844. The van der Waals surface area contributed by atoms with Gasteiger partial charge in [0, 0.05) is 17.1 Å². The summed E-state index contributed by atoms with van der Waals surface area (Å²) in [7, 11) is 0. The molecule has 2 aromatic heterocycles. The first-order valence-electron chi connectivity index (χ1n) is 9.08. The summed E-state index contributed by atoms with van der Waals surface area (Å²) in [6.45, 7) is 6.12. The molecule has 0 fully saturated rings. The molecule has 0 amide bonds. The smallest absolute Gasteiger partial charge is 0.176 e.